The van der Waals surface area contributed by atoms with Crippen LogP contribution in [0.3, 0.4) is 0 Å². The molecule has 0 radical (unpaired) electrons. The van der Waals surface area contributed by atoms with Gasteiger partial charge in [0.1, 0.15) is 30.1 Å². The van der Waals surface area contributed by atoms with E-state index in [1.807, 2.05) is 0 Å². The standard InChI is InChI=1S/C43H81FN2O8/c1-2-3-4-5-6-7-8-9-12-15-18-21-24-34(48)36(49)33(28-53-41-39(52)38(51)37(50)35(27-47)54-41)40-45-26-32(46-40)23-20-17-14-11-10-13-16-19-22-25-42-29-43(44,30-42)31-42/h32-41,45-52H,2-31H2,1H3/t32?,33-,34+,35?,36-,37?,38?,39?,40?,41?,42?,43?/m0/s1. The van der Waals surface area contributed by atoms with E-state index in [4.69, 9.17) is 9.47 Å². The Morgan fingerprint density at radius 3 is 1.81 bits per heavy atom. The van der Waals surface area contributed by atoms with Crippen molar-refractivity contribution in [3.63, 3.8) is 0 Å². The van der Waals surface area contributed by atoms with E-state index in [2.05, 4.69) is 17.6 Å². The zero-order chi connectivity index (χ0) is 38.8. The highest BCUT2D eigenvalue weighted by atomic mass is 19.1. The van der Waals surface area contributed by atoms with E-state index in [1.54, 1.807) is 0 Å². The second-order valence-electron chi connectivity index (χ2n) is 18.1. The molecular weight excluding hydrogens is 691 g/mol. The summed E-state index contributed by atoms with van der Waals surface area (Å²) in [5.74, 6) is -0.575. The molecule has 3 aliphatic carbocycles. The minimum atomic E-state index is -1.55. The smallest absolute Gasteiger partial charge is 0.186 e. The molecule has 10 atom stereocenters. The van der Waals surface area contributed by atoms with Gasteiger partial charge in [0.2, 0.25) is 0 Å². The lowest BCUT2D eigenvalue weighted by Crippen LogP contribution is -2.64. The second-order valence-corrected chi connectivity index (χ2v) is 18.1. The highest BCUT2D eigenvalue weighted by molar-refractivity contribution is 5.18. The van der Waals surface area contributed by atoms with Gasteiger partial charge in [0, 0.05) is 18.5 Å². The maximum absolute atomic E-state index is 13.7. The minimum absolute atomic E-state index is 0.0735. The van der Waals surface area contributed by atoms with Crippen LogP contribution in [0, 0.1) is 11.3 Å². The highest BCUT2D eigenvalue weighted by Gasteiger charge is 2.68. The molecule has 0 aromatic heterocycles. The molecular formula is C43H81FN2O8. The third-order valence-corrected chi connectivity index (χ3v) is 13.3. The van der Waals surface area contributed by atoms with E-state index < -0.39 is 61.1 Å². The largest absolute Gasteiger partial charge is 0.394 e. The zero-order valence-corrected chi connectivity index (χ0v) is 33.9. The van der Waals surface area contributed by atoms with Gasteiger partial charge in [0.05, 0.1) is 31.6 Å². The Bertz CT molecular complexity index is 975. The lowest BCUT2D eigenvalue weighted by Gasteiger charge is -2.66. The van der Waals surface area contributed by atoms with Crippen molar-refractivity contribution in [2.45, 2.75) is 241 Å². The van der Waals surface area contributed by atoms with Gasteiger partial charge in [-0.15, -0.1) is 0 Å². The highest BCUT2D eigenvalue weighted by Crippen LogP contribution is 2.71. The summed E-state index contributed by atoms with van der Waals surface area (Å²) in [5, 5.41) is 70.3. The van der Waals surface area contributed by atoms with Crippen LogP contribution in [0.2, 0.25) is 0 Å². The summed E-state index contributed by atoms with van der Waals surface area (Å²) in [5.41, 5.74) is -0.366. The number of alkyl halides is 1. The van der Waals surface area contributed by atoms with Gasteiger partial charge in [-0.1, -0.05) is 142 Å². The van der Waals surface area contributed by atoms with E-state index in [0.29, 0.717) is 11.8 Å². The van der Waals surface area contributed by atoms with Crippen LogP contribution in [0.15, 0.2) is 0 Å². The number of halogens is 1. The van der Waals surface area contributed by atoms with Gasteiger partial charge in [0.25, 0.3) is 0 Å². The Kier molecular flexibility index (Phi) is 20.9. The molecule has 5 aliphatic rings. The normalized spacial score (nSPS) is 33.7. The summed E-state index contributed by atoms with van der Waals surface area (Å²) in [7, 11) is 0. The molecule has 5 rings (SSSR count). The first kappa shape index (κ1) is 46.2. The summed E-state index contributed by atoms with van der Waals surface area (Å²) in [4.78, 5) is 0. The van der Waals surface area contributed by atoms with Crippen molar-refractivity contribution in [3.05, 3.63) is 0 Å². The molecule has 3 saturated carbocycles. The summed E-state index contributed by atoms with van der Waals surface area (Å²) >= 11 is 0. The Labute approximate surface area is 326 Å². The van der Waals surface area contributed by atoms with Crippen LogP contribution in [0.4, 0.5) is 4.39 Å². The van der Waals surface area contributed by atoms with Crippen LogP contribution in [0.1, 0.15) is 180 Å². The molecule has 2 aliphatic heterocycles. The summed E-state index contributed by atoms with van der Waals surface area (Å²) < 4.78 is 25.2. The molecule has 0 aromatic carbocycles. The average molecular weight is 773 g/mol. The third-order valence-electron chi connectivity index (χ3n) is 13.3. The predicted octanol–water partition coefficient (Wildman–Crippen LogP) is 6.30. The monoisotopic (exact) mass is 773 g/mol. The van der Waals surface area contributed by atoms with Crippen LogP contribution >= 0.6 is 0 Å². The summed E-state index contributed by atoms with van der Waals surface area (Å²) in [6.07, 6.45) is 21.7. The van der Waals surface area contributed by atoms with Crippen molar-refractivity contribution in [2.24, 2.45) is 11.3 Å². The van der Waals surface area contributed by atoms with Crippen molar-refractivity contribution < 1.29 is 44.5 Å². The fraction of sp³-hybridized carbons (Fsp3) is 1.00. The lowest BCUT2D eigenvalue weighted by molar-refractivity contribution is -0.305. The molecule has 0 aromatic rings. The number of rotatable bonds is 32. The molecule has 0 spiro atoms. The van der Waals surface area contributed by atoms with Crippen LogP contribution in [-0.4, -0.2) is 111 Å². The predicted molar refractivity (Wildman–Crippen MR) is 211 cm³/mol. The molecule has 11 heteroatoms. The van der Waals surface area contributed by atoms with Gasteiger partial charge < -0.3 is 40.1 Å². The van der Waals surface area contributed by atoms with Crippen LogP contribution in [-0.2, 0) is 9.47 Å². The number of ether oxygens (including phenoxy) is 2. The Morgan fingerprint density at radius 1 is 0.722 bits per heavy atom. The maximum atomic E-state index is 13.7. The first-order valence-corrected chi connectivity index (χ1v) is 22.6. The van der Waals surface area contributed by atoms with Crippen molar-refractivity contribution >= 4 is 0 Å². The van der Waals surface area contributed by atoms with E-state index in [1.165, 1.54) is 116 Å². The van der Waals surface area contributed by atoms with Crippen LogP contribution in [0.25, 0.3) is 0 Å². The average Bonchev–Trinajstić information content (AvgIpc) is 3.61. The van der Waals surface area contributed by atoms with Gasteiger partial charge in [-0.05, 0) is 43.9 Å². The van der Waals surface area contributed by atoms with Crippen LogP contribution < -0.4 is 10.6 Å². The van der Waals surface area contributed by atoms with E-state index in [0.717, 1.165) is 57.9 Å². The Balaban J connectivity index is 1.11. The fourth-order valence-corrected chi connectivity index (χ4v) is 9.81. The number of hydrogen-bond acceptors (Lipinski definition) is 10. The maximum Gasteiger partial charge on any atom is 0.186 e. The SMILES string of the molecule is CCCCCCCCCCCCCC[C@@H](O)[C@@H](O)[C@H](COC1OC(CO)C(O)C(O)C1O)C1NCC(CCCCCCCCCCCC23CC(F)(C2)C3)N1. The fourth-order valence-electron chi connectivity index (χ4n) is 9.81. The molecule has 2 heterocycles. The topological polar surface area (TPSA) is 164 Å². The molecule has 318 valence electrons. The summed E-state index contributed by atoms with van der Waals surface area (Å²) in [6, 6.07) is 0.221. The number of aliphatic hydroxyl groups is 6. The van der Waals surface area contributed by atoms with E-state index in [9.17, 15) is 35.0 Å². The second kappa shape index (κ2) is 24.5. The molecule has 10 nitrogen and oxygen atoms in total. The zero-order valence-electron chi connectivity index (χ0n) is 33.9. The molecule has 8 N–H and O–H groups in total. The van der Waals surface area contributed by atoms with Gasteiger partial charge >= 0.3 is 0 Å². The Morgan fingerprint density at radius 2 is 1.26 bits per heavy atom. The van der Waals surface area contributed by atoms with Crippen molar-refractivity contribution in [1.82, 2.24) is 10.6 Å². The number of unbranched alkanes of at least 4 members (excludes halogenated alkanes) is 19. The number of nitrogens with one attached hydrogen (secondary N) is 2. The third kappa shape index (κ3) is 14.7. The van der Waals surface area contributed by atoms with E-state index in [-0.39, 0.29) is 18.8 Å². The molecule has 0 amide bonds. The molecule has 2 saturated heterocycles. The quantitative estimate of drug-likeness (QED) is 0.0364. The van der Waals surface area contributed by atoms with Crippen LogP contribution in [0.5, 0.6) is 0 Å². The van der Waals surface area contributed by atoms with E-state index >= 15 is 0 Å². The lowest BCUT2D eigenvalue weighted by atomic mass is 9.41. The molecule has 54 heavy (non-hydrogen) atoms. The van der Waals surface area contributed by atoms with Crippen molar-refractivity contribution in [3.8, 4) is 0 Å². The minimum Gasteiger partial charge on any atom is -0.394 e. The number of aliphatic hydroxyl groups excluding tert-OH is 6. The van der Waals surface area contributed by atoms with Crippen molar-refractivity contribution in [2.75, 3.05) is 19.8 Å². The summed E-state index contributed by atoms with van der Waals surface area (Å²) in [6.45, 7) is 2.36. The van der Waals surface area contributed by atoms with Gasteiger partial charge in [0.15, 0.2) is 6.29 Å². The first-order valence-electron chi connectivity index (χ1n) is 22.6. The van der Waals surface area contributed by atoms with Gasteiger partial charge in [-0.2, -0.15) is 0 Å². The molecule has 2 bridgehead atoms. The van der Waals surface area contributed by atoms with Gasteiger partial charge in [-0.25, -0.2) is 4.39 Å². The molecule has 7 unspecified atom stereocenters. The van der Waals surface area contributed by atoms with Crippen molar-refractivity contribution in [1.29, 1.82) is 0 Å². The Hall–Kier alpha value is -0.470. The molecule has 5 fully saturated rings. The number of hydrogen-bond donors (Lipinski definition) is 8. The first-order chi connectivity index (χ1) is 26.1. The van der Waals surface area contributed by atoms with Gasteiger partial charge in [-0.3, -0.25) is 10.6 Å².